The van der Waals surface area contributed by atoms with Crippen LogP contribution in [0.5, 0.6) is 0 Å². The Balaban J connectivity index is 2.66. The molecule has 0 fully saturated rings. The lowest BCUT2D eigenvalue weighted by Crippen LogP contribution is -2.36. The van der Waals surface area contributed by atoms with Crippen molar-refractivity contribution in [2.45, 2.75) is 38.9 Å². The summed E-state index contributed by atoms with van der Waals surface area (Å²) in [7, 11) is 3.47. The van der Waals surface area contributed by atoms with E-state index in [1.807, 2.05) is 0 Å². The molecule has 0 amide bonds. The maximum Gasteiger partial charge on any atom is 0.148 e. The van der Waals surface area contributed by atoms with Crippen molar-refractivity contribution >= 4 is 11.6 Å². The number of carbonyl (C=O) groups is 2. The number of nitrogens with zero attached hydrogens (tertiary/aromatic N) is 3. The Kier molecular flexibility index (Phi) is 5.78. The van der Waals surface area contributed by atoms with Gasteiger partial charge in [-0.15, -0.1) is 5.10 Å². The highest BCUT2D eigenvalue weighted by atomic mass is 16.1. The highest BCUT2D eigenvalue weighted by molar-refractivity contribution is 5.81. The minimum absolute atomic E-state index is 0.0522. The second-order valence-corrected chi connectivity index (χ2v) is 4.54. The van der Waals surface area contributed by atoms with Gasteiger partial charge in [-0.25, -0.2) is 0 Å². The van der Waals surface area contributed by atoms with Crippen molar-refractivity contribution < 1.29 is 9.59 Å². The zero-order valence-electron chi connectivity index (χ0n) is 11.8. The van der Waals surface area contributed by atoms with Crippen LogP contribution in [0.15, 0.2) is 6.20 Å². The molecule has 19 heavy (non-hydrogen) atoms. The molecule has 2 atom stereocenters. The molecule has 2 N–H and O–H groups in total. The number of ketones is 2. The van der Waals surface area contributed by atoms with Gasteiger partial charge in [0.1, 0.15) is 11.6 Å². The van der Waals surface area contributed by atoms with Crippen LogP contribution in [0.3, 0.4) is 0 Å². The molecular formula is C12H21N5O2. The Morgan fingerprint density at radius 1 is 1.21 bits per heavy atom. The zero-order valence-corrected chi connectivity index (χ0v) is 11.8. The largest absolute Gasteiger partial charge is 0.310 e. The predicted molar refractivity (Wildman–Crippen MR) is 70.8 cm³/mol. The summed E-state index contributed by atoms with van der Waals surface area (Å²) < 4.78 is 1.62. The number of rotatable bonds is 8. The van der Waals surface area contributed by atoms with Crippen molar-refractivity contribution in [1.29, 1.82) is 0 Å². The fourth-order valence-corrected chi connectivity index (χ4v) is 1.79. The van der Waals surface area contributed by atoms with Crippen LogP contribution in [-0.4, -0.2) is 52.7 Å². The van der Waals surface area contributed by atoms with Crippen LogP contribution >= 0.6 is 0 Å². The minimum Gasteiger partial charge on any atom is -0.310 e. The lowest BCUT2D eigenvalue weighted by molar-refractivity contribution is -0.119. The average Bonchev–Trinajstić information content (AvgIpc) is 2.79. The summed E-state index contributed by atoms with van der Waals surface area (Å²) >= 11 is 0. The molecule has 1 aromatic heterocycles. The van der Waals surface area contributed by atoms with E-state index >= 15 is 0 Å². The number of likely N-dealkylation sites (N-methyl/N-ethyl adjacent to an activating group) is 2. The van der Waals surface area contributed by atoms with Crippen LogP contribution in [0.4, 0.5) is 0 Å². The number of Topliss-reactive ketones (excluding diaryl/α,β-unsaturated/α-hetero) is 2. The van der Waals surface area contributed by atoms with Crippen LogP contribution in [0.25, 0.3) is 0 Å². The Labute approximate surface area is 112 Å². The van der Waals surface area contributed by atoms with E-state index in [1.54, 1.807) is 31.9 Å². The van der Waals surface area contributed by atoms with E-state index in [1.165, 1.54) is 6.92 Å². The van der Waals surface area contributed by atoms with Gasteiger partial charge in [-0.1, -0.05) is 5.21 Å². The average molecular weight is 267 g/mol. The summed E-state index contributed by atoms with van der Waals surface area (Å²) in [6.45, 7) is 3.51. The number of nitrogens with one attached hydrogen (secondary N) is 2. The van der Waals surface area contributed by atoms with Crippen molar-refractivity contribution in [2.24, 2.45) is 0 Å². The van der Waals surface area contributed by atoms with Crippen LogP contribution in [-0.2, 0) is 22.6 Å². The van der Waals surface area contributed by atoms with Crippen molar-refractivity contribution in [3.05, 3.63) is 11.9 Å². The summed E-state index contributed by atoms with van der Waals surface area (Å²) in [4.78, 5) is 22.6. The van der Waals surface area contributed by atoms with Crippen molar-refractivity contribution in [3.63, 3.8) is 0 Å². The summed E-state index contributed by atoms with van der Waals surface area (Å²) in [5, 5.41) is 13.8. The fraction of sp³-hybridized carbons (Fsp3) is 0.667. The molecule has 7 nitrogen and oxygen atoms in total. The SMILES string of the molecule is CNC(Cc1cn(CC(NC)C(C)=O)nn1)C(C)=O. The van der Waals surface area contributed by atoms with Crippen LogP contribution in [0.2, 0.25) is 0 Å². The summed E-state index contributed by atoms with van der Waals surface area (Å²) in [5.74, 6) is 0.116. The van der Waals surface area contributed by atoms with Gasteiger partial charge in [-0.3, -0.25) is 14.3 Å². The molecule has 1 rings (SSSR count). The van der Waals surface area contributed by atoms with Gasteiger partial charge in [-0.05, 0) is 27.9 Å². The highest BCUT2D eigenvalue weighted by Gasteiger charge is 2.16. The molecule has 0 bridgehead atoms. The highest BCUT2D eigenvalue weighted by Crippen LogP contribution is 2.01. The Bertz CT molecular complexity index is 405. The van der Waals surface area contributed by atoms with Crippen molar-refractivity contribution in [1.82, 2.24) is 25.6 Å². The first-order chi connectivity index (χ1) is 8.97. The van der Waals surface area contributed by atoms with E-state index in [0.29, 0.717) is 13.0 Å². The molecule has 0 aliphatic carbocycles. The molecule has 7 heteroatoms. The molecule has 0 aliphatic heterocycles. The second-order valence-electron chi connectivity index (χ2n) is 4.54. The molecule has 106 valence electrons. The van der Waals surface area contributed by atoms with Gasteiger partial charge in [0.05, 0.1) is 24.3 Å². The molecule has 0 spiro atoms. The van der Waals surface area contributed by atoms with E-state index in [9.17, 15) is 9.59 Å². The molecule has 1 heterocycles. The first-order valence-electron chi connectivity index (χ1n) is 6.22. The molecule has 0 saturated heterocycles. The lowest BCUT2D eigenvalue weighted by Gasteiger charge is -2.11. The number of carbonyl (C=O) groups excluding carboxylic acids is 2. The maximum atomic E-state index is 11.3. The molecular weight excluding hydrogens is 246 g/mol. The molecule has 0 radical (unpaired) electrons. The number of aromatic nitrogens is 3. The maximum absolute atomic E-state index is 11.3. The Morgan fingerprint density at radius 3 is 2.26 bits per heavy atom. The summed E-state index contributed by atoms with van der Waals surface area (Å²) in [6, 6.07) is -0.527. The van der Waals surface area contributed by atoms with Gasteiger partial charge in [0.2, 0.25) is 0 Å². The van der Waals surface area contributed by atoms with Crippen molar-refractivity contribution in [3.8, 4) is 0 Å². The minimum atomic E-state index is -0.276. The van der Waals surface area contributed by atoms with Crippen molar-refractivity contribution in [2.75, 3.05) is 14.1 Å². The molecule has 0 saturated carbocycles. The topological polar surface area (TPSA) is 88.9 Å². The summed E-state index contributed by atoms with van der Waals surface area (Å²) in [5.41, 5.74) is 0.730. The van der Waals surface area contributed by atoms with Gasteiger partial charge < -0.3 is 10.6 Å². The van der Waals surface area contributed by atoms with Gasteiger partial charge >= 0.3 is 0 Å². The van der Waals surface area contributed by atoms with E-state index in [4.69, 9.17) is 0 Å². The van der Waals surface area contributed by atoms with Gasteiger partial charge in [0.25, 0.3) is 0 Å². The monoisotopic (exact) mass is 267 g/mol. The van der Waals surface area contributed by atoms with Crippen LogP contribution in [0.1, 0.15) is 19.5 Å². The van der Waals surface area contributed by atoms with Gasteiger partial charge in [0.15, 0.2) is 0 Å². The third kappa shape index (κ3) is 4.53. The van der Waals surface area contributed by atoms with E-state index in [2.05, 4.69) is 20.9 Å². The predicted octanol–water partition coefficient (Wildman–Crippen LogP) is -0.825. The van der Waals surface area contributed by atoms with Gasteiger partial charge in [0, 0.05) is 12.6 Å². The lowest BCUT2D eigenvalue weighted by atomic mass is 10.1. The van der Waals surface area contributed by atoms with E-state index in [-0.39, 0.29) is 23.7 Å². The fourth-order valence-electron chi connectivity index (χ4n) is 1.79. The molecule has 1 aromatic rings. The quantitative estimate of drug-likeness (QED) is 0.639. The zero-order chi connectivity index (χ0) is 14.4. The molecule has 2 unspecified atom stereocenters. The summed E-state index contributed by atoms with van der Waals surface area (Å²) in [6.07, 6.45) is 2.26. The standard InChI is InChI=1S/C12H21N5O2/c1-8(18)11(13-3)5-10-6-17(16-15-10)7-12(14-4)9(2)19/h6,11-14H,5,7H2,1-4H3. The normalized spacial score (nSPS) is 14.1. The third-order valence-electron chi connectivity index (χ3n) is 3.05. The number of hydrogen-bond acceptors (Lipinski definition) is 6. The first-order valence-corrected chi connectivity index (χ1v) is 6.22. The smallest absolute Gasteiger partial charge is 0.148 e. The third-order valence-corrected chi connectivity index (χ3v) is 3.05. The van der Waals surface area contributed by atoms with E-state index in [0.717, 1.165) is 5.69 Å². The molecule has 0 aromatic carbocycles. The number of hydrogen-bond donors (Lipinski definition) is 2. The van der Waals surface area contributed by atoms with E-state index < -0.39 is 0 Å². The Hall–Kier alpha value is -1.60. The first kappa shape index (κ1) is 15.5. The molecule has 0 aliphatic rings. The Morgan fingerprint density at radius 2 is 1.79 bits per heavy atom. The van der Waals surface area contributed by atoms with Crippen LogP contribution < -0.4 is 10.6 Å². The second kappa shape index (κ2) is 7.10. The van der Waals surface area contributed by atoms with Crippen LogP contribution in [0, 0.1) is 0 Å². The van der Waals surface area contributed by atoms with Gasteiger partial charge in [-0.2, -0.15) is 0 Å².